The second-order valence-corrected chi connectivity index (χ2v) is 4.28. The molecule has 0 aliphatic rings. The van der Waals surface area contributed by atoms with E-state index >= 15 is 0 Å². The van der Waals surface area contributed by atoms with E-state index in [0.717, 1.165) is 0 Å². The summed E-state index contributed by atoms with van der Waals surface area (Å²) in [6.07, 6.45) is 2.11. The van der Waals surface area contributed by atoms with Gasteiger partial charge in [0.2, 0.25) is 0 Å². The number of aromatic nitrogens is 3. The van der Waals surface area contributed by atoms with Crippen LogP contribution in [0.25, 0.3) is 0 Å². The van der Waals surface area contributed by atoms with Crippen LogP contribution in [0, 0.1) is 12.7 Å². The van der Waals surface area contributed by atoms with Crippen LogP contribution in [0.15, 0.2) is 24.5 Å². The average Bonchev–Trinajstić information content (AvgIpc) is 2.78. The number of nitrogens with zero attached hydrogens (tertiary/aromatic N) is 3. The standard InChI is InChI=1S/C13H15FN4O/c1-9-4-3-5-10(12(9)14)13(19)15-7-6-11-16-8-18(2)17-11/h3-5,8H,6-7H2,1-2H3,(H,15,19). The van der Waals surface area contributed by atoms with E-state index in [4.69, 9.17) is 0 Å². The van der Waals surface area contributed by atoms with E-state index in [1.165, 1.54) is 6.07 Å². The Hall–Kier alpha value is -2.24. The highest BCUT2D eigenvalue weighted by molar-refractivity contribution is 5.94. The van der Waals surface area contributed by atoms with Crippen LogP contribution in [0.3, 0.4) is 0 Å². The van der Waals surface area contributed by atoms with Crippen LogP contribution in [-0.2, 0) is 13.5 Å². The van der Waals surface area contributed by atoms with Crippen molar-refractivity contribution >= 4 is 5.91 Å². The molecule has 19 heavy (non-hydrogen) atoms. The summed E-state index contributed by atoms with van der Waals surface area (Å²) in [5.74, 6) is -0.249. The molecule has 0 spiro atoms. The molecule has 0 fully saturated rings. The van der Waals surface area contributed by atoms with Crippen molar-refractivity contribution in [1.82, 2.24) is 20.1 Å². The number of halogens is 1. The van der Waals surface area contributed by atoms with E-state index in [1.807, 2.05) is 0 Å². The van der Waals surface area contributed by atoms with Gasteiger partial charge in [0, 0.05) is 20.0 Å². The monoisotopic (exact) mass is 262 g/mol. The lowest BCUT2D eigenvalue weighted by molar-refractivity contribution is 0.0950. The van der Waals surface area contributed by atoms with Gasteiger partial charge in [-0.15, -0.1) is 0 Å². The number of aryl methyl sites for hydroxylation is 2. The van der Waals surface area contributed by atoms with Crippen molar-refractivity contribution in [2.24, 2.45) is 7.05 Å². The Bertz CT molecular complexity index is 594. The first-order valence-corrected chi connectivity index (χ1v) is 5.96. The Kier molecular flexibility index (Phi) is 3.89. The molecule has 0 saturated carbocycles. The number of rotatable bonds is 4. The van der Waals surface area contributed by atoms with E-state index in [2.05, 4.69) is 15.4 Å². The van der Waals surface area contributed by atoms with Crippen molar-refractivity contribution in [2.75, 3.05) is 6.54 Å². The van der Waals surface area contributed by atoms with Crippen molar-refractivity contribution in [3.05, 3.63) is 47.3 Å². The Morgan fingerprint density at radius 2 is 2.26 bits per heavy atom. The van der Waals surface area contributed by atoms with Crippen LogP contribution in [0.5, 0.6) is 0 Å². The van der Waals surface area contributed by atoms with Gasteiger partial charge in [-0.1, -0.05) is 12.1 Å². The second-order valence-electron chi connectivity index (χ2n) is 4.28. The third-order valence-electron chi connectivity index (χ3n) is 2.72. The topological polar surface area (TPSA) is 59.8 Å². The molecule has 0 aliphatic carbocycles. The molecule has 1 heterocycles. The number of benzene rings is 1. The number of hydrogen-bond acceptors (Lipinski definition) is 3. The Labute approximate surface area is 110 Å². The van der Waals surface area contributed by atoms with Crippen LogP contribution in [0.2, 0.25) is 0 Å². The Morgan fingerprint density at radius 1 is 1.47 bits per heavy atom. The van der Waals surface area contributed by atoms with Gasteiger partial charge in [-0.3, -0.25) is 9.48 Å². The van der Waals surface area contributed by atoms with Gasteiger partial charge in [0.15, 0.2) is 5.82 Å². The normalized spacial score (nSPS) is 10.5. The molecule has 0 saturated heterocycles. The fourth-order valence-corrected chi connectivity index (χ4v) is 1.70. The molecule has 1 amide bonds. The maximum Gasteiger partial charge on any atom is 0.254 e. The second kappa shape index (κ2) is 5.60. The lowest BCUT2D eigenvalue weighted by Crippen LogP contribution is -2.27. The predicted molar refractivity (Wildman–Crippen MR) is 68.2 cm³/mol. The fraction of sp³-hybridized carbons (Fsp3) is 0.308. The molecule has 6 heteroatoms. The van der Waals surface area contributed by atoms with E-state index in [-0.39, 0.29) is 5.56 Å². The Balaban J connectivity index is 1.93. The molecular formula is C13H15FN4O. The third-order valence-corrected chi connectivity index (χ3v) is 2.72. The number of nitrogens with one attached hydrogen (secondary N) is 1. The molecule has 2 aromatic rings. The molecule has 100 valence electrons. The number of amides is 1. The molecule has 0 bridgehead atoms. The average molecular weight is 262 g/mol. The predicted octanol–water partition coefficient (Wildman–Crippen LogP) is 1.24. The summed E-state index contributed by atoms with van der Waals surface area (Å²) >= 11 is 0. The molecule has 0 unspecified atom stereocenters. The van der Waals surface area contributed by atoms with Gasteiger partial charge in [-0.25, -0.2) is 9.37 Å². The van der Waals surface area contributed by atoms with Crippen molar-refractivity contribution in [3.8, 4) is 0 Å². The third kappa shape index (κ3) is 3.15. The fourth-order valence-electron chi connectivity index (χ4n) is 1.70. The highest BCUT2D eigenvalue weighted by Crippen LogP contribution is 2.11. The summed E-state index contributed by atoms with van der Waals surface area (Å²) < 4.78 is 15.3. The van der Waals surface area contributed by atoms with Gasteiger partial charge in [0.25, 0.3) is 5.91 Å². The SMILES string of the molecule is Cc1cccc(C(=O)NCCc2ncn(C)n2)c1F. The van der Waals surface area contributed by atoms with Crippen molar-refractivity contribution in [2.45, 2.75) is 13.3 Å². The van der Waals surface area contributed by atoms with E-state index < -0.39 is 11.7 Å². The van der Waals surface area contributed by atoms with Crippen molar-refractivity contribution in [3.63, 3.8) is 0 Å². The number of carbonyl (C=O) groups is 1. The number of carbonyl (C=O) groups excluding carboxylic acids is 1. The molecule has 0 radical (unpaired) electrons. The van der Waals surface area contributed by atoms with Gasteiger partial charge in [0.05, 0.1) is 5.56 Å². The highest BCUT2D eigenvalue weighted by atomic mass is 19.1. The molecule has 0 atom stereocenters. The molecule has 5 nitrogen and oxygen atoms in total. The van der Waals surface area contributed by atoms with Gasteiger partial charge in [-0.2, -0.15) is 5.10 Å². The zero-order valence-corrected chi connectivity index (χ0v) is 10.9. The minimum atomic E-state index is -0.476. The summed E-state index contributed by atoms with van der Waals surface area (Å²) in [5.41, 5.74) is 0.521. The van der Waals surface area contributed by atoms with Gasteiger partial charge in [-0.05, 0) is 18.6 Å². The minimum Gasteiger partial charge on any atom is -0.351 e. The van der Waals surface area contributed by atoms with Crippen LogP contribution >= 0.6 is 0 Å². The summed E-state index contributed by atoms with van der Waals surface area (Å²) in [7, 11) is 1.78. The maximum atomic E-state index is 13.7. The zero-order valence-electron chi connectivity index (χ0n) is 10.9. The molecule has 0 aliphatic heterocycles. The molecule has 2 rings (SSSR count). The maximum absolute atomic E-state index is 13.7. The minimum absolute atomic E-state index is 0.0639. The highest BCUT2D eigenvalue weighted by Gasteiger charge is 2.12. The summed E-state index contributed by atoms with van der Waals surface area (Å²) in [4.78, 5) is 15.9. The van der Waals surface area contributed by atoms with Crippen molar-refractivity contribution < 1.29 is 9.18 Å². The largest absolute Gasteiger partial charge is 0.351 e. The summed E-state index contributed by atoms with van der Waals surface area (Å²) in [6.45, 7) is 2.00. The quantitative estimate of drug-likeness (QED) is 0.901. The van der Waals surface area contributed by atoms with E-state index in [1.54, 1.807) is 37.1 Å². The van der Waals surface area contributed by atoms with Crippen LogP contribution < -0.4 is 5.32 Å². The van der Waals surface area contributed by atoms with E-state index in [9.17, 15) is 9.18 Å². The first kappa shape index (κ1) is 13.2. The molecule has 1 aromatic carbocycles. The lowest BCUT2D eigenvalue weighted by atomic mass is 10.1. The lowest BCUT2D eigenvalue weighted by Gasteiger charge is -2.06. The first-order valence-electron chi connectivity index (χ1n) is 5.96. The zero-order chi connectivity index (χ0) is 13.8. The van der Waals surface area contributed by atoms with Crippen LogP contribution in [-0.4, -0.2) is 27.2 Å². The molecular weight excluding hydrogens is 247 g/mol. The van der Waals surface area contributed by atoms with E-state index in [0.29, 0.717) is 24.4 Å². The van der Waals surface area contributed by atoms with Crippen LogP contribution in [0.1, 0.15) is 21.7 Å². The smallest absolute Gasteiger partial charge is 0.254 e. The number of hydrogen-bond donors (Lipinski definition) is 1. The summed E-state index contributed by atoms with van der Waals surface area (Å²) in [5, 5.41) is 6.75. The van der Waals surface area contributed by atoms with Gasteiger partial charge < -0.3 is 5.32 Å². The summed E-state index contributed by atoms with van der Waals surface area (Å²) in [6, 6.07) is 4.76. The van der Waals surface area contributed by atoms with Gasteiger partial charge >= 0.3 is 0 Å². The first-order chi connectivity index (χ1) is 9.08. The molecule has 1 N–H and O–H groups in total. The van der Waals surface area contributed by atoms with Gasteiger partial charge in [0.1, 0.15) is 12.1 Å². The molecule has 1 aromatic heterocycles. The van der Waals surface area contributed by atoms with Crippen LogP contribution in [0.4, 0.5) is 4.39 Å². The van der Waals surface area contributed by atoms with Crippen molar-refractivity contribution in [1.29, 1.82) is 0 Å². The Morgan fingerprint density at radius 3 is 2.95 bits per heavy atom.